The lowest BCUT2D eigenvalue weighted by atomic mass is 9.95. The van der Waals surface area contributed by atoms with E-state index < -0.39 is 7.14 Å². The topological polar surface area (TPSA) is 37.3 Å². The van der Waals surface area contributed by atoms with Crippen molar-refractivity contribution in [1.29, 1.82) is 0 Å². The van der Waals surface area contributed by atoms with E-state index in [1.54, 1.807) is 12.1 Å². The number of fused-ring (bicyclic) bond motifs is 1. The molecule has 0 saturated carbocycles. The molecule has 4 aromatic rings. The van der Waals surface area contributed by atoms with Crippen LogP contribution in [0.5, 0.6) is 5.75 Å². The van der Waals surface area contributed by atoms with Crippen molar-refractivity contribution >= 4 is 28.6 Å². The summed E-state index contributed by atoms with van der Waals surface area (Å²) in [5.41, 5.74) is 3.50. The van der Waals surface area contributed by atoms with Crippen LogP contribution in [-0.4, -0.2) is 5.11 Å². The minimum atomic E-state index is -3.17. The Labute approximate surface area is 170 Å². The summed E-state index contributed by atoms with van der Waals surface area (Å²) in [6.45, 7) is 0. The molecule has 0 saturated heterocycles. The van der Waals surface area contributed by atoms with Crippen molar-refractivity contribution in [2.45, 2.75) is 0 Å². The third kappa shape index (κ3) is 2.68. The van der Waals surface area contributed by atoms with Crippen LogP contribution in [0.4, 0.5) is 0 Å². The number of aromatic hydroxyl groups is 1. The van der Waals surface area contributed by atoms with E-state index in [-0.39, 0.29) is 5.75 Å². The number of phenolic OH excluding ortho intramolecular Hbond substituents is 1. The van der Waals surface area contributed by atoms with Crippen LogP contribution in [0.25, 0.3) is 10.9 Å². The van der Waals surface area contributed by atoms with Gasteiger partial charge >= 0.3 is 0 Å². The van der Waals surface area contributed by atoms with Crippen LogP contribution in [0.15, 0.2) is 109 Å². The Morgan fingerprint density at radius 1 is 0.586 bits per heavy atom. The lowest BCUT2D eigenvalue weighted by Crippen LogP contribution is -2.15. The van der Waals surface area contributed by atoms with E-state index in [0.29, 0.717) is 10.9 Å². The fraction of sp³-hybridized carbons (Fsp3) is 0. The van der Waals surface area contributed by atoms with Crippen LogP contribution in [-0.2, 0) is 4.57 Å². The summed E-state index contributed by atoms with van der Waals surface area (Å²) in [5.74, 6) is 0.139. The fourth-order valence-electron chi connectivity index (χ4n) is 4.15. The summed E-state index contributed by atoms with van der Waals surface area (Å²) in [7, 11) is -3.17. The molecule has 3 heteroatoms. The zero-order chi connectivity index (χ0) is 19.8. The van der Waals surface area contributed by atoms with Crippen molar-refractivity contribution in [2.75, 3.05) is 0 Å². The molecule has 1 N–H and O–H groups in total. The van der Waals surface area contributed by atoms with Gasteiger partial charge in [0.1, 0.15) is 5.75 Å². The van der Waals surface area contributed by atoms with Crippen LogP contribution in [0.1, 0.15) is 16.7 Å². The van der Waals surface area contributed by atoms with Gasteiger partial charge in [0, 0.05) is 27.1 Å². The van der Waals surface area contributed by atoms with Crippen molar-refractivity contribution in [1.82, 2.24) is 0 Å². The standard InChI is InChI=1S/C26H19O2P/c27-23-17-9-7-15-21(23)26-25(19-11-3-1-4-12-19)22-16-8-10-18-24(22)29(26,28)20-13-5-2-6-14-20/h1-18,27H. The molecule has 5 rings (SSSR count). The largest absolute Gasteiger partial charge is 0.507 e. The molecule has 0 aromatic heterocycles. The summed E-state index contributed by atoms with van der Waals surface area (Å²) in [6.07, 6.45) is 0. The van der Waals surface area contributed by atoms with Gasteiger partial charge in [0.25, 0.3) is 0 Å². The highest BCUT2D eigenvalue weighted by molar-refractivity contribution is 7.88. The van der Waals surface area contributed by atoms with Gasteiger partial charge < -0.3 is 9.67 Å². The lowest BCUT2D eigenvalue weighted by molar-refractivity contribution is 0.474. The normalized spacial score (nSPS) is 17.9. The molecule has 0 bridgehead atoms. The van der Waals surface area contributed by atoms with Crippen molar-refractivity contribution in [2.24, 2.45) is 0 Å². The van der Waals surface area contributed by atoms with E-state index in [2.05, 4.69) is 0 Å². The Kier molecular flexibility index (Phi) is 4.23. The summed E-state index contributed by atoms with van der Waals surface area (Å²) in [6, 6.07) is 34.7. The van der Waals surface area contributed by atoms with Crippen molar-refractivity contribution in [3.05, 3.63) is 126 Å². The van der Waals surface area contributed by atoms with Crippen molar-refractivity contribution < 1.29 is 9.67 Å². The van der Waals surface area contributed by atoms with E-state index in [9.17, 15) is 9.67 Å². The Hall–Kier alpha value is -3.35. The minimum absolute atomic E-state index is 0.139. The molecule has 1 aliphatic heterocycles. The summed E-state index contributed by atoms with van der Waals surface area (Å²) in [5, 5.41) is 13.0. The maximum Gasteiger partial charge on any atom is 0.172 e. The first kappa shape index (κ1) is 17.7. The van der Waals surface area contributed by atoms with Gasteiger partial charge in [-0.25, -0.2) is 0 Å². The van der Waals surface area contributed by atoms with Crippen LogP contribution in [0.2, 0.25) is 0 Å². The fourth-order valence-corrected chi connectivity index (χ4v) is 7.43. The van der Waals surface area contributed by atoms with E-state index >= 15 is 0 Å². The van der Waals surface area contributed by atoms with E-state index in [0.717, 1.165) is 27.3 Å². The molecule has 1 atom stereocenters. The van der Waals surface area contributed by atoms with Gasteiger partial charge in [-0.1, -0.05) is 103 Å². The second-order valence-corrected chi connectivity index (χ2v) is 9.73. The maximum absolute atomic E-state index is 14.9. The number of para-hydroxylation sites is 1. The molecule has 2 nitrogen and oxygen atoms in total. The summed E-state index contributed by atoms with van der Waals surface area (Å²) in [4.78, 5) is 0. The highest BCUT2D eigenvalue weighted by Crippen LogP contribution is 2.66. The lowest BCUT2D eigenvalue weighted by Gasteiger charge is -2.20. The van der Waals surface area contributed by atoms with Crippen LogP contribution >= 0.6 is 7.14 Å². The van der Waals surface area contributed by atoms with Crippen LogP contribution < -0.4 is 10.6 Å². The number of phenols is 1. The molecule has 0 radical (unpaired) electrons. The first-order chi connectivity index (χ1) is 14.2. The molecular formula is C26H19O2P. The number of benzene rings is 4. The molecule has 0 fully saturated rings. The van der Waals surface area contributed by atoms with Gasteiger partial charge in [-0.05, 0) is 17.2 Å². The van der Waals surface area contributed by atoms with Crippen LogP contribution in [0.3, 0.4) is 0 Å². The summed E-state index contributed by atoms with van der Waals surface area (Å²) >= 11 is 0. The molecule has 4 aromatic carbocycles. The highest BCUT2D eigenvalue weighted by Gasteiger charge is 2.43. The molecule has 1 aliphatic rings. The molecule has 140 valence electrons. The molecule has 0 spiro atoms. The van der Waals surface area contributed by atoms with Crippen LogP contribution in [0, 0.1) is 0 Å². The third-order valence-corrected chi connectivity index (χ3v) is 8.59. The third-order valence-electron chi connectivity index (χ3n) is 5.41. The average molecular weight is 394 g/mol. The first-order valence-corrected chi connectivity index (χ1v) is 11.3. The number of rotatable bonds is 3. The highest BCUT2D eigenvalue weighted by atomic mass is 31.2. The van der Waals surface area contributed by atoms with E-state index in [4.69, 9.17) is 0 Å². The van der Waals surface area contributed by atoms with Crippen molar-refractivity contribution in [3.8, 4) is 5.75 Å². The zero-order valence-corrected chi connectivity index (χ0v) is 16.6. The smallest absolute Gasteiger partial charge is 0.172 e. The van der Waals surface area contributed by atoms with Gasteiger partial charge in [-0.2, -0.15) is 0 Å². The van der Waals surface area contributed by atoms with Gasteiger partial charge in [-0.3, -0.25) is 0 Å². The van der Waals surface area contributed by atoms with Gasteiger partial charge in [0.2, 0.25) is 0 Å². The van der Waals surface area contributed by atoms with Gasteiger partial charge in [-0.15, -0.1) is 0 Å². The molecule has 0 aliphatic carbocycles. The second-order valence-electron chi connectivity index (χ2n) is 7.07. The second kappa shape index (κ2) is 6.92. The minimum Gasteiger partial charge on any atom is -0.507 e. The Bertz CT molecular complexity index is 1270. The van der Waals surface area contributed by atoms with E-state index in [1.807, 2.05) is 97.1 Å². The number of hydrogen-bond donors (Lipinski definition) is 1. The molecule has 1 unspecified atom stereocenters. The van der Waals surface area contributed by atoms with E-state index in [1.165, 1.54) is 0 Å². The Balaban J connectivity index is 1.96. The average Bonchev–Trinajstić information content (AvgIpc) is 3.05. The van der Waals surface area contributed by atoms with Gasteiger partial charge in [0.15, 0.2) is 7.14 Å². The predicted molar refractivity (Wildman–Crippen MR) is 120 cm³/mol. The quantitative estimate of drug-likeness (QED) is 0.457. The SMILES string of the molecule is O=P1(c2ccccc2)C(c2ccccc2O)=C(c2ccccc2)c2ccccc21. The predicted octanol–water partition coefficient (Wildman–Crippen LogP) is 5.64. The van der Waals surface area contributed by atoms with Gasteiger partial charge in [0.05, 0.1) is 0 Å². The zero-order valence-electron chi connectivity index (χ0n) is 15.7. The Morgan fingerprint density at radius 2 is 1.14 bits per heavy atom. The summed E-state index contributed by atoms with van der Waals surface area (Å²) < 4.78 is 14.9. The first-order valence-electron chi connectivity index (χ1n) is 9.55. The molecule has 0 amide bonds. The van der Waals surface area contributed by atoms with Crippen molar-refractivity contribution in [3.63, 3.8) is 0 Å². The maximum atomic E-state index is 14.9. The molecular weight excluding hydrogens is 375 g/mol. The molecule has 29 heavy (non-hydrogen) atoms. The number of hydrogen-bond acceptors (Lipinski definition) is 2. The monoisotopic (exact) mass is 394 g/mol. The Morgan fingerprint density at radius 3 is 1.83 bits per heavy atom. The molecule has 1 heterocycles.